The second-order valence-corrected chi connectivity index (χ2v) is 8.21. The van der Waals surface area contributed by atoms with Gasteiger partial charge in [0.15, 0.2) is 0 Å². The third-order valence-electron chi connectivity index (χ3n) is 4.81. The van der Waals surface area contributed by atoms with Gasteiger partial charge in [-0.05, 0) is 38.5 Å². The highest BCUT2D eigenvalue weighted by molar-refractivity contribution is 5.95. The molecule has 1 aliphatic heterocycles. The standard InChI is InChI=1S/C21H28N4O4/c1-21(2,3)29-20(27)23-18-10-19(26)25(15-11-22-24(4)12-15)13-17(18)14-6-8-16(28-5)9-7-14/h6-9,11-12,17-18H,10,13H2,1-5H3,(H,23,27)/t17?,18-/m1/s1. The SMILES string of the molecule is COc1ccc(C2CN(c3cnn(C)c3)C(=O)C[C@H]2NC(=O)OC(C)(C)C)cc1. The van der Waals surface area contributed by atoms with E-state index >= 15 is 0 Å². The molecule has 1 N–H and O–H groups in total. The normalized spacial score (nSPS) is 19.8. The first kappa shape index (κ1) is 20.7. The lowest BCUT2D eigenvalue weighted by Crippen LogP contribution is -2.53. The molecule has 2 aromatic rings. The average Bonchev–Trinajstić information content (AvgIpc) is 3.06. The first-order chi connectivity index (χ1) is 13.7. The van der Waals surface area contributed by atoms with Crippen molar-refractivity contribution in [2.45, 2.75) is 44.8 Å². The highest BCUT2D eigenvalue weighted by Gasteiger charge is 2.37. The van der Waals surface area contributed by atoms with Crippen LogP contribution in [0.5, 0.6) is 5.75 Å². The monoisotopic (exact) mass is 400 g/mol. The Kier molecular flexibility index (Phi) is 5.81. The van der Waals surface area contributed by atoms with Crippen molar-refractivity contribution in [2.75, 3.05) is 18.6 Å². The predicted octanol–water partition coefficient (Wildman–Crippen LogP) is 2.84. The van der Waals surface area contributed by atoms with E-state index in [1.54, 1.807) is 22.9 Å². The lowest BCUT2D eigenvalue weighted by molar-refractivity contribution is -0.120. The summed E-state index contributed by atoms with van der Waals surface area (Å²) < 4.78 is 12.3. The number of nitrogens with one attached hydrogen (secondary N) is 1. The number of aryl methyl sites for hydroxylation is 1. The van der Waals surface area contributed by atoms with Crippen molar-refractivity contribution in [3.63, 3.8) is 0 Å². The molecule has 1 unspecified atom stereocenters. The minimum Gasteiger partial charge on any atom is -0.497 e. The maximum absolute atomic E-state index is 12.8. The van der Waals surface area contributed by atoms with E-state index in [-0.39, 0.29) is 24.3 Å². The van der Waals surface area contributed by atoms with Gasteiger partial charge in [0.25, 0.3) is 0 Å². The fourth-order valence-electron chi connectivity index (χ4n) is 3.46. The van der Waals surface area contributed by atoms with E-state index in [0.29, 0.717) is 6.54 Å². The van der Waals surface area contributed by atoms with Crippen LogP contribution in [0.15, 0.2) is 36.7 Å². The number of hydrogen-bond donors (Lipinski definition) is 1. The minimum atomic E-state index is -0.611. The number of benzene rings is 1. The highest BCUT2D eigenvalue weighted by Crippen LogP contribution is 2.32. The molecule has 2 atom stereocenters. The molecular formula is C21H28N4O4. The fourth-order valence-corrected chi connectivity index (χ4v) is 3.46. The first-order valence-electron chi connectivity index (χ1n) is 9.59. The highest BCUT2D eigenvalue weighted by atomic mass is 16.6. The molecule has 29 heavy (non-hydrogen) atoms. The van der Waals surface area contributed by atoms with Gasteiger partial charge >= 0.3 is 6.09 Å². The van der Waals surface area contributed by atoms with E-state index in [1.807, 2.05) is 58.3 Å². The minimum absolute atomic E-state index is 0.0659. The van der Waals surface area contributed by atoms with Crippen LogP contribution in [0.25, 0.3) is 0 Å². The molecule has 156 valence electrons. The molecule has 1 saturated heterocycles. The number of alkyl carbamates (subject to hydrolysis) is 1. The van der Waals surface area contributed by atoms with Crippen LogP contribution >= 0.6 is 0 Å². The Balaban J connectivity index is 1.86. The largest absolute Gasteiger partial charge is 0.497 e. The Bertz CT molecular complexity index is 870. The van der Waals surface area contributed by atoms with Crippen molar-refractivity contribution < 1.29 is 19.1 Å². The summed E-state index contributed by atoms with van der Waals surface area (Å²) in [5.41, 5.74) is 1.14. The molecule has 0 saturated carbocycles. The lowest BCUT2D eigenvalue weighted by Gasteiger charge is -2.38. The topological polar surface area (TPSA) is 85.7 Å². The number of carbonyl (C=O) groups excluding carboxylic acids is 2. The zero-order valence-electron chi connectivity index (χ0n) is 17.5. The molecule has 2 heterocycles. The van der Waals surface area contributed by atoms with E-state index in [9.17, 15) is 9.59 Å². The van der Waals surface area contributed by atoms with Crippen LogP contribution in [0.2, 0.25) is 0 Å². The Morgan fingerprint density at radius 3 is 2.48 bits per heavy atom. The number of anilines is 1. The Labute approximate surface area is 170 Å². The van der Waals surface area contributed by atoms with Crippen molar-refractivity contribution in [1.29, 1.82) is 0 Å². The molecule has 1 fully saturated rings. The van der Waals surface area contributed by atoms with Crippen molar-refractivity contribution in [1.82, 2.24) is 15.1 Å². The summed E-state index contributed by atoms with van der Waals surface area (Å²) in [6, 6.07) is 7.31. The van der Waals surface area contributed by atoms with Crippen molar-refractivity contribution in [2.24, 2.45) is 7.05 Å². The maximum Gasteiger partial charge on any atom is 0.407 e. The van der Waals surface area contributed by atoms with Gasteiger partial charge in [0.05, 0.1) is 19.0 Å². The Morgan fingerprint density at radius 1 is 1.24 bits per heavy atom. The zero-order chi connectivity index (χ0) is 21.2. The van der Waals surface area contributed by atoms with Crippen LogP contribution < -0.4 is 15.0 Å². The molecule has 1 aromatic heterocycles. The third kappa shape index (κ3) is 5.07. The average molecular weight is 400 g/mol. The van der Waals surface area contributed by atoms with Crippen molar-refractivity contribution in [3.8, 4) is 5.75 Å². The van der Waals surface area contributed by atoms with Gasteiger partial charge in [0.2, 0.25) is 5.91 Å². The van der Waals surface area contributed by atoms with Crippen LogP contribution in [-0.2, 0) is 16.6 Å². The molecule has 0 radical (unpaired) electrons. The van der Waals surface area contributed by atoms with Crippen molar-refractivity contribution in [3.05, 3.63) is 42.2 Å². The van der Waals surface area contributed by atoms with Gasteiger partial charge in [-0.2, -0.15) is 5.10 Å². The summed E-state index contributed by atoms with van der Waals surface area (Å²) in [4.78, 5) is 26.9. The van der Waals surface area contributed by atoms with Crippen LogP contribution in [-0.4, -0.2) is 47.1 Å². The molecule has 3 rings (SSSR count). The number of amides is 2. The number of ether oxygens (including phenoxy) is 2. The van der Waals surface area contributed by atoms with Gasteiger partial charge in [-0.25, -0.2) is 4.79 Å². The van der Waals surface area contributed by atoms with E-state index in [4.69, 9.17) is 9.47 Å². The van der Waals surface area contributed by atoms with E-state index < -0.39 is 11.7 Å². The van der Waals surface area contributed by atoms with Gasteiger partial charge in [0.1, 0.15) is 11.4 Å². The summed E-state index contributed by atoms with van der Waals surface area (Å²) in [7, 11) is 3.43. The fraction of sp³-hybridized carbons (Fsp3) is 0.476. The molecule has 0 aliphatic carbocycles. The number of piperidine rings is 1. The van der Waals surface area contributed by atoms with Crippen molar-refractivity contribution >= 4 is 17.7 Å². The third-order valence-corrected chi connectivity index (χ3v) is 4.81. The quantitative estimate of drug-likeness (QED) is 0.853. The number of rotatable bonds is 4. The van der Waals surface area contributed by atoms with E-state index in [0.717, 1.165) is 17.0 Å². The summed E-state index contributed by atoms with van der Waals surface area (Å²) >= 11 is 0. The molecule has 0 spiro atoms. The second-order valence-electron chi connectivity index (χ2n) is 8.21. The Morgan fingerprint density at radius 2 is 1.93 bits per heavy atom. The zero-order valence-corrected chi connectivity index (χ0v) is 17.5. The van der Waals surface area contributed by atoms with Crippen LogP contribution in [0, 0.1) is 0 Å². The summed E-state index contributed by atoms with van der Waals surface area (Å²) in [5.74, 6) is 0.580. The van der Waals surface area contributed by atoms with Crippen LogP contribution in [0.3, 0.4) is 0 Å². The molecule has 1 aromatic carbocycles. The predicted molar refractivity (Wildman–Crippen MR) is 109 cm³/mol. The number of methoxy groups -OCH3 is 1. The summed E-state index contributed by atoms with van der Waals surface area (Å²) in [5, 5.41) is 7.07. The molecule has 8 heteroatoms. The molecular weight excluding hydrogens is 372 g/mol. The van der Waals surface area contributed by atoms with Crippen LogP contribution in [0.1, 0.15) is 38.7 Å². The molecule has 8 nitrogen and oxygen atoms in total. The van der Waals surface area contributed by atoms with Gasteiger partial charge < -0.3 is 19.7 Å². The number of hydrogen-bond acceptors (Lipinski definition) is 5. The summed E-state index contributed by atoms with van der Waals surface area (Å²) in [6.07, 6.45) is 3.13. The molecule has 0 bridgehead atoms. The van der Waals surface area contributed by atoms with Gasteiger partial charge in [-0.15, -0.1) is 0 Å². The van der Waals surface area contributed by atoms with Gasteiger partial charge in [-0.1, -0.05) is 12.1 Å². The number of nitrogens with zero attached hydrogens (tertiary/aromatic N) is 3. The summed E-state index contributed by atoms with van der Waals surface area (Å²) in [6.45, 7) is 5.86. The van der Waals surface area contributed by atoms with Gasteiger partial charge in [-0.3, -0.25) is 9.48 Å². The second kappa shape index (κ2) is 8.14. The van der Waals surface area contributed by atoms with Gasteiger partial charge in [0, 0.05) is 38.2 Å². The van der Waals surface area contributed by atoms with E-state index in [2.05, 4.69) is 10.4 Å². The number of aromatic nitrogens is 2. The Hall–Kier alpha value is -3.03. The maximum atomic E-state index is 12.8. The smallest absolute Gasteiger partial charge is 0.407 e. The molecule has 2 amide bonds. The lowest BCUT2D eigenvalue weighted by atomic mass is 9.85. The van der Waals surface area contributed by atoms with E-state index in [1.165, 1.54) is 0 Å². The van der Waals surface area contributed by atoms with Crippen LogP contribution in [0.4, 0.5) is 10.5 Å². The molecule has 1 aliphatic rings. The number of carbonyl (C=O) groups is 2. The first-order valence-corrected chi connectivity index (χ1v) is 9.59.